The largest absolute Gasteiger partial charge is 0.357 e. The van der Waals surface area contributed by atoms with E-state index in [4.69, 9.17) is 4.99 Å². The number of hydrogen-bond acceptors (Lipinski definition) is 5. The van der Waals surface area contributed by atoms with Gasteiger partial charge >= 0.3 is 0 Å². The van der Waals surface area contributed by atoms with Crippen molar-refractivity contribution in [1.29, 1.82) is 0 Å². The smallest absolute Gasteiger partial charge is 0.191 e. The van der Waals surface area contributed by atoms with E-state index in [1.165, 1.54) is 18.6 Å². The highest BCUT2D eigenvalue weighted by Crippen LogP contribution is 2.36. The minimum atomic E-state index is 0. The van der Waals surface area contributed by atoms with E-state index in [1.807, 2.05) is 6.20 Å². The number of pyridine rings is 1. The van der Waals surface area contributed by atoms with Crippen LogP contribution in [0.2, 0.25) is 0 Å². The Morgan fingerprint density at radius 2 is 2.04 bits per heavy atom. The number of nitrogens with zero attached hydrogens (tertiary/aromatic N) is 4. The van der Waals surface area contributed by atoms with Gasteiger partial charge in [0.25, 0.3) is 0 Å². The highest BCUT2D eigenvalue weighted by atomic mass is 127. The van der Waals surface area contributed by atoms with Crippen LogP contribution in [0, 0.1) is 0 Å². The average Bonchev–Trinajstić information content (AvgIpc) is 3.12. The van der Waals surface area contributed by atoms with Gasteiger partial charge < -0.3 is 20.4 Å². The maximum atomic E-state index is 4.75. The Hall–Kier alpha value is -0.740. The van der Waals surface area contributed by atoms with Gasteiger partial charge in [0.05, 0.1) is 6.54 Å². The van der Waals surface area contributed by atoms with Gasteiger partial charge in [-0.05, 0) is 51.1 Å². The first-order valence-corrected chi connectivity index (χ1v) is 11.1. The van der Waals surface area contributed by atoms with E-state index in [9.17, 15) is 0 Å². The minimum Gasteiger partial charge on any atom is -0.357 e. The van der Waals surface area contributed by atoms with Crippen LogP contribution in [0.4, 0.5) is 5.82 Å². The molecule has 0 spiro atoms. The van der Waals surface area contributed by atoms with Gasteiger partial charge in [0.2, 0.25) is 0 Å². The fourth-order valence-electron chi connectivity index (χ4n) is 3.49. The lowest BCUT2D eigenvalue weighted by Gasteiger charge is -2.33. The molecule has 0 aliphatic carbocycles. The molecule has 158 valence electrons. The van der Waals surface area contributed by atoms with Crippen molar-refractivity contribution in [1.82, 2.24) is 20.5 Å². The van der Waals surface area contributed by atoms with Crippen LogP contribution in [0.15, 0.2) is 23.3 Å². The van der Waals surface area contributed by atoms with Crippen LogP contribution in [0.1, 0.15) is 32.3 Å². The van der Waals surface area contributed by atoms with Gasteiger partial charge in [0, 0.05) is 50.2 Å². The molecule has 0 saturated carbocycles. The third kappa shape index (κ3) is 6.95. The van der Waals surface area contributed by atoms with Crippen LogP contribution >= 0.6 is 35.7 Å². The SMILES string of the molecule is CCNC(=NCc1ccc(N2CCN(C)CC2)nc1)NCC1(C)CCCS1.I. The van der Waals surface area contributed by atoms with Crippen molar-refractivity contribution in [2.75, 3.05) is 57.0 Å². The molecule has 2 N–H and O–H groups in total. The second-order valence-corrected chi connectivity index (χ2v) is 9.45. The zero-order chi connectivity index (χ0) is 19.1. The molecule has 0 amide bonds. The average molecular weight is 519 g/mol. The molecule has 3 rings (SSSR count). The van der Waals surface area contributed by atoms with Crippen molar-refractivity contribution in [3.05, 3.63) is 23.9 Å². The molecule has 3 heterocycles. The molecular formula is C20H35IN6S. The standard InChI is InChI=1S/C20H34N6S.HI/c1-4-21-19(24-16-20(2)8-5-13-27-20)23-15-17-6-7-18(22-14-17)26-11-9-25(3)10-12-26;/h6-7,14H,4-5,8-13,15-16H2,1-3H3,(H2,21,23,24);1H. The lowest BCUT2D eigenvalue weighted by molar-refractivity contribution is 0.312. The summed E-state index contributed by atoms with van der Waals surface area (Å²) in [5, 5.41) is 6.88. The molecular weight excluding hydrogens is 483 g/mol. The van der Waals surface area contributed by atoms with Crippen molar-refractivity contribution < 1.29 is 0 Å². The number of guanidine groups is 1. The number of rotatable bonds is 6. The lowest BCUT2D eigenvalue weighted by Crippen LogP contribution is -2.44. The van der Waals surface area contributed by atoms with Gasteiger partial charge in [-0.25, -0.2) is 9.98 Å². The Bertz CT molecular complexity index is 610. The highest BCUT2D eigenvalue weighted by molar-refractivity contribution is 14.0. The zero-order valence-corrected chi connectivity index (χ0v) is 20.6. The third-order valence-electron chi connectivity index (χ3n) is 5.33. The maximum Gasteiger partial charge on any atom is 0.191 e. The van der Waals surface area contributed by atoms with Gasteiger partial charge in [-0.15, -0.1) is 24.0 Å². The third-order valence-corrected chi connectivity index (χ3v) is 6.87. The first-order valence-electron chi connectivity index (χ1n) is 10.1. The topological polar surface area (TPSA) is 55.8 Å². The number of thioether (sulfide) groups is 1. The molecule has 1 atom stereocenters. The van der Waals surface area contributed by atoms with Gasteiger partial charge in [-0.3, -0.25) is 0 Å². The summed E-state index contributed by atoms with van der Waals surface area (Å²) in [7, 11) is 2.17. The van der Waals surface area contributed by atoms with E-state index < -0.39 is 0 Å². The molecule has 8 heteroatoms. The molecule has 6 nitrogen and oxygen atoms in total. The Morgan fingerprint density at radius 1 is 1.25 bits per heavy atom. The highest BCUT2D eigenvalue weighted by Gasteiger charge is 2.29. The molecule has 0 radical (unpaired) electrons. The number of piperazine rings is 1. The van der Waals surface area contributed by atoms with Crippen LogP contribution in [0.5, 0.6) is 0 Å². The zero-order valence-electron chi connectivity index (χ0n) is 17.4. The predicted octanol–water partition coefficient (Wildman–Crippen LogP) is 2.79. The predicted molar refractivity (Wildman–Crippen MR) is 132 cm³/mol. The fraction of sp³-hybridized carbons (Fsp3) is 0.700. The second kappa shape index (κ2) is 11.4. The van der Waals surface area contributed by atoms with Crippen LogP contribution in [0.25, 0.3) is 0 Å². The first-order chi connectivity index (χ1) is 13.1. The molecule has 0 aromatic carbocycles. The molecule has 2 fully saturated rings. The molecule has 2 saturated heterocycles. The summed E-state index contributed by atoms with van der Waals surface area (Å²) in [6.07, 6.45) is 4.57. The van der Waals surface area contributed by atoms with Gasteiger partial charge in [0.15, 0.2) is 5.96 Å². The van der Waals surface area contributed by atoms with Crippen LogP contribution in [0.3, 0.4) is 0 Å². The molecule has 1 unspecified atom stereocenters. The molecule has 1 aromatic rings. The van der Waals surface area contributed by atoms with Crippen LogP contribution in [-0.4, -0.2) is 72.7 Å². The van der Waals surface area contributed by atoms with Crippen molar-refractivity contribution in [2.45, 2.75) is 38.0 Å². The summed E-state index contributed by atoms with van der Waals surface area (Å²) in [5.41, 5.74) is 1.14. The molecule has 1 aromatic heterocycles. The van der Waals surface area contributed by atoms with E-state index in [2.05, 4.69) is 70.2 Å². The number of halogens is 1. The summed E-state index contributed by atoms with van der Waals surface area (Å²) in [5.74, 6) is 3.25. The van der Waals surface area contributed by atoms with Crippen LogP contribution < -0.4 is 15.5 Å². The van der Waals surface area contributed by atoms with Crippen molar-refractivity contribution in [3.8, 4) is 0 Å². The Labute approximate surface area is 191 Å². The lowest BCUT2D eigenvalue weighted by atomic mass is 10.1. The number of anilines is 1. The minimum absolute atomic E-state index is 0. The summed E-state index contributed by atoms with van der Waals surface area (Å²) < 4.78 is 0.335. The number of likely N-dealkylation sites (N-methyl/N-ethyl adjacent to an activating group) is 1. The van der Waals surface area contributed by atoms with Crippen LogP contribution in [-0.2, 0) is 6.54 Å². The maximum absolute atomic E-state index is 4.75. The number of aliphatic imine (C=N–C) groups is 1. The van der Waals surface area contributed by atoms with E-state index in [0.29, 0.717) is 11.3 Å². The Balaban J connectivity index is 0.00000280. The van der Waals surface area contributed by atoms with E-state index in [-0.39, 0.29) is 24.0 Å². The monoisotopic (exact) mass is 518 g/mol. The van der Waals surface area contributed by atoms with E-state index >= 15 is 0 Å². The van der Waals surface area contributed by atoms with Crippen molar-refractivity contribution in [2.24, 2.45) is 4.99 Å². The number of aromatic nitrogens is 1. The summed E-state index contributed by atoms with van der Waals surface area (Å²) in [6, 6.07) is 4.29. The van der Waals surface area contributed by atoms with E-state index in [1.54, 1.807) is 0 Å². The second-order valence-electron chi connectivity index (χ2n) is 7.77. The summed E-state index contributed by atoms with van der Waals surface area (Å²) >= 11 is 2.07. The van der Waals surface area contributed by atoms with Gasteiger partial charge in [0.1, 0.15) is 5.82 Å². The molecule has 2 aliphatic heterocycles. The Morgan fingerprint density at radius 3 is 2.64 bits per heavy atom. The fourth-order valence-corrected chi connectivity index (χ4v) is 4.74. The quantitative estimate of drug-likeness (QED) is 0.343. The van der Waals surface area contributed by atoms with Crippen molar-refractivity contribution in [3.63, 3.8) is 0 Å². The molecule has 0 bridgehead atoms. The molecule has 2 aliphatic rings. The number of hydrogen-bond donors (Lipinski definition) is 2. The first kappa shape index (κ1) is 23.5. The van der Waals surface area contributed by atoms with Gasteiger partial charge in [-0.1, -0.05) is 6.07 Å². The molecule has 28 heavy (non-hydrogen) atoms. The van der Waals surface area contributed by atoms with E-state index in [0.717, 1.165) is 56.6 Å². The van der Waals surface area contributed by atoms with Crippen molar-refractivity contribution >= 4 is 47.5 Å². The normalized spacial score (nSPS) is 23.4. The Kier molecular flexibility index (Phi) is 9.62. The summed E-state index contributed by atoms with van der Waals surface area (Å²) in [4.78, 5) is 14.1. The van der Waals surface area contributed by atoms with Gasteiger partial charge in [-0.2, -0.15) is 11.8 Å². The summed E-state index contributed by atoms with van der Waals surface area (Å²) in [6.45, 7) is 11.2. The number of nitrogens with one attached hydrogen (secondary N) is 2.